The number of methoxy groups -OCH3 is 1. The highest BCUT2D eigenvalue weighted by Crippen LogP contribution is 2.62. The van der Waals surface area contributed by atoms with Crippen LogP contribution in [0.1, 0.15) is 72.6 Å². The lowest BCUT2D eigenvalue weighted by Crippen LogP contribution is -2.57. The van der Waals surface area contributed by atoms with Gasteiger partial charge in [0.1, 0.15) is 0 Å². The standard InChI is InChI=1S/C16H30O/c1-14(2)11-12-16(9-7-6-8-10-16)15(3,4)13(14)17-5/h13H,6-12H2,1-5H3. The molecule has 0 aromatic rings. The monoisotopic (exact) mass is 238 g/mol. The fourth-order valence-electron chi connectivity index (χ4n) is 5.01. The highest BCUT2D eigenvalue weighted by atomic mass is 16.5. The van der Waals surface area contributed by atoms with E-state index in [-0.39, 0.29) is 0 Å². The molecule has 0 amide bonds. The molecule has 0 aromatic heterocycles. The molecule has 1 atom stereocenters. The quantitative estimate of drug-likeness (QED) is 0.637. The van der Waals surface area contributed by atoms with Crippen molar-refractivity contribution in [1.82, 2.24) is 0 Å². The molecule has 100 valence electrons. The van der Waals surface area contributed by atoms with Crippen LogP contribution in [0.3, 0.4) is 0 Å². The topological polar surface area (TPSA) is 9.23 Å². The summed E-state index contributed by atoms with van der Waals surface area (Å²) in [6.45, 7) is 9.71. The van der Waals surface area contributed by atoms with E-state index in [9.17, 15) is 0 Å². The van der Waals surface area contributed by atoms with Gasteiger partial charge in [-0.15, -0.1) is 0 Å². The Hall–Kier alpha value is -0.0400. The smallest absolute Gasteiger partial charge is 0.0678 e. The Labute approximate surface area is 107 Å². The molecule has 2 fully saturated rings. The van der Waals surface area contributed by atoms with Crippen LogP contribution in [0.15, 0.2) is 0 Å². The lowest BCUT2D eigenvalue weighted by atomic mass is 9.47. The van der Waals surface area contributed by atoms with Gasteiger partial charge in [0.05, 0.1) is 6.10 Å². The zero-order chi connectivity index (χ0) is 12.7. The van der Waals surface area contributed by atoms with Gasteiger partial charge in [-0.2, -0.15) is 0 Å². The maximum atomic E-state index is 5.95. The van der Waals surface area contributed by atoms with Crippen LogP contribution in [-0.4, -0.2) is 13.2 Å². The molecule has 1 unspecified atom stereocenters. The maximum absolute atomic E-state index is 5.95. The number of hydrogen-bond acceptors (Lipinski definition) is 1. The van der Waals surface area contributed by atoms with Crippen LogP contribution in [0, 0.1) is 16.2 Å². The largest absolute Gasteiger partial charge is 0.380 e. The van der Waals surface area contributed by atoms with Gasteiger partial charge in [0.2, 0.25) is 0 Å². The van der Waals surface area contributed by atoms with Crippen molar-refractivity contribution in [1.29, 1.82) is 0 Å². The van der Waals surface area contributed by atoms with E-state index in [1.807, 2.05) is 7.11 Å². The molecular weight excluding hydrogens is 208 g/mol. The first-order chi connectivity index (χ1) is 7.86. The molecule has 0 N–H and O–H groups in total. The van der Waals surface area contributed by atoms with E-state index in [1.165, 1.54) is 44.9 Å². The van der Waals surface area contributed by atoms with Crippen molar-refractivity contribution in [2.45, 2.75) is 78.7 Å². The van der Waals surface area contributed by atoms with Gasteiger partial charge < -0.3 is 4.74 Å². The summed E-state index contributed by atoms with van der Waals surface area (Å²) in [4.78, 5) is 0. The maximum Gasteiger partial charge on any atom is 0.0678 e. The Kier molecular flexibility index (Phi) is 3.36. The van der Waals surface area contributed by atoms with Crippen molar-refractivity contribution in [3.8, 4) is 0 Å². The predicted molar refractivity (Wildman–Crippen MR) is 73.1 cm³/mol. The molecule has 0 bridgehead atoms. The average Bonchev–Trinajstić information content (AvgIpc) is 2.26. The Morgan fingerprint density at radius 1 is 0.824 bits per heavy atom. The van der Waals surface area contributed by atoms with E-state index in [0.717, 1.165) is 0 Å². The molecule has 0 radical (unpaired) electrons. The summed E-state index contributed by atoms with van der Waals surface area (Å²) >= 11 is 0. The van der Waals surface area contributed by atoms with Gasteiger partial charge in [0.15, 0.2) is 0 Å². The fourth-order valence-corrected chi connectivity index (χ4v) is 5.01. The average molecular weight is 238 g/mol. The van der Waals surface area contributed by atoms with Crippen molar-refractivity contribution in [2.24, 2.45) is 16.2 Å². The van der Waals surface area contributed by atoms with Crippen molar-refractivity contribution in [2.75, 3.05) is 7.11 Å². The molecule has 0 aromatic carbocycles. The van der Waals surface area contributed by atoms with Crippen molar-refractivity contribution < 1.29 is 4.74 Å². The summed E-state index contributed by atoms with van der Waals surface area (Å²) in [7, 11) is 1.91. The number of ether oxygens (including phenoxy) is 1. The first-order valence-corrected chi connectivity index (χ1v) is 7.39. The van der Waals surface area contributed by atoms with Crippen molar-refractivity contribution in [3.05, 3.63) is 0 Å². The van der Waals surface area contributed by atoms with Gasteiger partial charge in [-0.1, -0.05) is 47.0 Å². The Balaban J connectivity index is 2.31. The second-order valence-electron chi connectivity index (χ2n) is 7.67. The summed E-state index contributed by atoms with van der Waals surface area (Å²) in [5.74, 6) is 0. The predicted octanol–water partition coefficient (Wildman–Crippen LogP) is 4.80. The summed E-state index contributed by atoms with van der Waals surface area (Å²) in [5, 5.41) is 0. The Morgan fingerprint density at radius 2 is 1.41 bits per heavy atom. The van der Waals surface area contributed by atoms with Gasteiger partial charge in [-0.25, -0.2) is 0 Å². The molecule has 2 aliphatic carbocycles. The molecule has 0 saturated heterocycles. The SMILES string of the molecule is COC1C(C)(C)CCC2(CCCCC2)C1(C)C. The van der Waals surface area contributed by atoms with Crippen LogP contribution in [0.2, 0.25) is 0 Å². The summed E-state index contributed by atoms with van der Waals surface area (Å²) in [6, 6.07) is 0. The molecule has 2 saturated carbocycles. The molecular formula is C16H30O. The van der Waals surface area contributed by atoms with E-state index >= 15 is 0 Å². The van der Waals surface area contributed by atoms with Crippen molar-refractivity contribution in [3.63, 3.8) is 0 Å². The zero-order valence-corrected chi connectivity index (χ0v) is 12.4. The third-order valence-corrected chi connectivity index (χ3v) is 6.03. The van der Waals surface area contributed by atoms with Crippen molar-refractivity contribution >= 4 is 0 Å². The molecule has 1 spiro atoms. The molecule has 2 aliphatic rings. The van der Waals surface area contributed by atoms with E-state index in [4.69, 9.17) is 4.74 Å². The third-order valence-electron chi connectivity index (χ3n) is 6.03. The summed E-state index contributed by atoms with van der Waals surface area (Å²) < 4.78 is 5.95. The van der Waals surface area contributed by atoms with Gasteiger partial charge in [-0.05, 0) is 41.9 Å². The minimum atomic E-state index is 0.323. The van der Waals surface area contributed by atoms with E-state index in [2.05, 4.69) is 27.7 Å². The van der Waals surface area contributed by atoms with Crippen LogP contribution >= 0.6 is 0 Å². The second-order valence-corrected chi connectivity index (χ2v) is 7.67. The van der Waals surface area contributed by atoms with Crippen LogP contribution < -0.4 is 0 Å². The molecule has 1 nitrogen and oxygen atoms in total. The van der Waals surface area contributed by atoms with Gasteiger partial charge in [0.25, 0.3) is 0 Å². The normalized spacial score (nSPS) is 34.8. The summed E-state index contributed by atoms with van der Waals surface area (Å²) in [5.41, 5.74) is 1.21. The molecule has 0 heterocycles. The number of hydrogen-bond donors (Lipinski definition) is 0. The minimum Gasteiger partial charge on any atom is -0.380 e. The van der Waals surface area contributed by atoms with E-state index < -0.39 is 0 Å². The van der Waals surface area contributed by atoms with Crippen LogP contribution in [-0.2, 0) is 4.74 Å². The lowest BCUT2D eigenvalue weighted by Gasteiger charge is -2.61. The first kappa shape index (κ1) is 13.4. The Bertz CT molecular complexity index is 271. The zero-order valence-electron chi connectivity index (χ0n) is 12.4. The molecule has 0 aliphatic heterocycles. The van der Waals surface area contributed by atoms with Crippen LogP contribution in [0.4, 0.5) is 0 Å². The first-order valence-electron chi connectivity index (χ1n) is 7.39. The molecule has 1 heteroatoms. The van der Waals surface area contributed by atoms with E-state index in [1.54, 1.807) is 0 Å². The van der Waals surface area contributed by atoms with Gasteiger partial charge >= 0.3 is 0 Å². The van der Waals surface area contributed by atoms with E-state index in [0.29, 0.717) is 22.3 Å². The van der Waals surface area contributed by atoms with Crippen LogP contribution in [0.5, 0.6) is 0 Å². The summed E-state index contributed by atoms with van der Waals surface area (Å²) in [6.07, 6.45) is 10.3. The fraction of sp³-hybridized carbons (Fsp3) is 1.00. The van der Waals surface area contributed by atoms with Crippen LogP contribution in [0.25, 0.3) is 0 Å². The minimum absolute atomic E-state index is 0.323. The second kappa shape index (κ2) is 4.26. The van der Waals surface area contributed by atoms with Gasteiger partial charge in [-0.3, -0.25) is 0 Å². The third kappa shape index (κ3) is 1.95. The number of rotatable bonds is 1. The lowest BCUT2D eigenvalue weighted by molar-refractivity contribution is -0.179. The highest BCUT2D eigenvalue weighted by molar-refractivity contribution is 5.07. The molecule has 2 rings (SSSR count). The van der Waals surface area contributed by atoms with Gasteiger partial charge in [0, 0.05) is 7.11 Å². The highest BCUT2D eigenvalue weighted by Gasteiger charge is 2.57. The Morgan fingerprint density at radius 3 is 1.94 bits per heavy atom. The molecule has 17 heavy (non-hydrogen) atoms.